The molecule has 0 saturated heterocycles. The van der Waals surface area contributed by atoms with Crippen molar-refractivity contribution in [3.8, 4) is 0 Å². The summed E-state index contributed by atoms with van der Waals surface area (Å²) in [6.07, 6.45) is 1.55. The molecule has 2 amide bonds. The second kappa shape index (κ2) is 8.22. The van der Waals surface area contributed by atoms with Gasteiger partial charge in [0.2, 0.25) is 0 Å². The van der Waals surface area contributed by atoms with E-state index in [1.165, 1.54) is 11.9 Å². The number of hydrogen-bond donors (Lipinski definition) is 2. The Morgan fingerprint density at radius 2 is 2.08 bits per heavy atom. The Kier molecular flexibility index (Phi) is 6.27. The average molecular weight is 385 g/mol. The zero-order valence-electron chi connectivity index (χ0n) is 13.7. The van der Waals surface area contributed by atoms with E-state index in [0.29, 0.717) is 22.4 Å². The van der Waals surface area contributed by atoms with E-state index < -0.39 is 17.9 Å². The summed E-state index contributed by atoms with van der Waals surface area (Å²) in [6, 6.07) is 6.39. The minimum absolute atomic E-state index is 0.0956. The van der Waals surface area contributed by atoms with Gasteiger partial charge in [0, 0.05) is 29.7 Å². The molecule has 2 rings (SSSR count). The minimum Gasteiger partial charge on any atom is -0.481 e. The van der Waals surface area contributed by atoms with E-state index in [1.807, 2.05) is 0 Å². The number of nitrogens with one attached hydrogen (secondary N) is 1. The number of rotatable bonds is 6. The first kappa shape index (κ1) is 19.1. The van der Waals surface area contributed by atoms with Crippen molar-refractivity contribution in [1.29, 1.82) is 0 Å². The molecule has 0 spiro atoms. The average Bonchev–Trinajstić information content (AvgIpc) is 2.96. The van der Waals surface area contributed by atoms with Crippen LogP contribution < -0.4 is 5.32 Å². The Labute approximate surface area is 155 Å². The molecule has 1 aromatic heterocycles. The predicted molar refractivity (Wildman–Crippen MR) is 96.2 cm³/mol. The van der Waals surface area contributed by atoms with Crippen molar-refractivity contribution in [3.05, 3.63) is 46.1 Å². The highest BCUT2D eigenvalue weighted by atomic mass is 35.5. The molecule has 0 fully saturated rings. The van der Waals surface area contributed by atoms with Gasteiger partial charge in [-0.05, 0) is 17.7 Å². The van der Waals surface area contributed by atoms with E-state index >= 15 is 0 Å². The Hall–Kier alpha value is -2.25. The van der Waals surface area contributed by atoms with Crippen LogP contribution >= 0.6 is 23.2 Å². The smallest absolute Gasteiger partial charge is 0.322 e. The number of carboxylic acid groups (broad SMARTS) is 1. The Bertz CT molecular complexity index is 778. The van der Waals surface area contributed by atoms with E-state index in [0.717, 1.165) is 5.56 Å². The van der Waals surface area contributed by atoms with E-state index in [-0.39, 0.29) is 6.54 Å². The number of anilines is 1. The van der Waals surface area contributed by atoms with Crippen molar-refractivity contribution in [2.45, 2.75) is 13.5 Å². The van der Waals surface area contributed by atoms with Gasteiger partial charge >= 0.3 is 12.0 Å². The SMILES string of the molecule is CC(CN(C)C(=O)Nc1ccnn1Cc1ccc(Cl)cc1Cl)C(=O)O. The van der Waals surface area contributed by atoms with Gasteiger partial charge in [-0.25, -0.2) is 9.48 Å². The number of carboxylic acids is 1. The fraction of sp³-hybridized carbons (Fsp3) is 0.312. The fourth-order valence-electron chi connectivity index (χ4n) is 2.15. The van der Waals surface area contributed by atoms with Crippen LogP contribution in [0.4, 0.5) is 10.6 Å². The number of urea groups is 1. The monoisotopic (exact) mass is 384 g/mol. The van der Waals surface area contributed by atoms with Gasteiger partial charge in [-0.2, -0.15) is 5.10 Å². The maximum atomic E-state index is 12.2. The summed E-state index contributed by atoms with van der Waals surface area (Å²) in [5.41, 5.74) is 0.804. The molecule has 0 radical (unpaired) electrons. The van der Waals surface area contributed by atoms with Crippen LogP contribution in [-0.4, -0.2) is 45.4 Å². The molecule has 134 valence electrons. The van der Waals surface area contributed by atoms with E-state index in [2.05, 4.69) is 10.4 Å². The van der Waals surface area contributed by atoms with Crippen LogP contribution in [0.5, 0.6) is 0 Å². The molecule has 0 bridgehead atoms. The third kappa shape index (κ3) is 5.11. The number of nitrogens with zero attached hydrogens (tertiary/aromatic N) is 3. The number of aliphatic carboxylic acids is 1. The van der Waals surface area contributed by atoms with Gasteiger partial charge in [0.15, 0.2) is 0 Å². The molecule has 2 N–H and O–H groups in total. The number of halogens is 2. The molecule has 1 unspecified atom stereocenters. The van der Waals surface area contributed by atoms with Crippen LogP contribution in [0.2, 0.25) is 10.0 Å². The number of aromatic nitrogens is 2. The molecule has 1 aromatic carbocycles. The number of amides is 2. The standard InChI is InChI=1S/C16H18Cl2N4O3/c1-10(15(23)24)8-21(2)16(25)20-14-5-6-19-22(14)9-11-3-4-12(17)7-13(11)18/h3-7,10H,8-9H2,1-2H3,(H,20,25)(H,23,24). The van der Waals surface area contributed by atoms with Gasteiger partial charge < -0.3 is 10.0 Å². The van der Waals surface area contributed by atoms with E-state index in [4.69, 9.17) is 28.3 Å². The first-order valence-electron chi connectivity index (χ1n) is 7.48. The van der Waals surface area contributed by atoms with E-state index in [9.17, 15) is 9.59 Å². The first-order chi connectivity index (χ1) is 11.8. The van der Waals surface area contributed by atoms with Crippen LogP contribution in [-0.2, 0) is 11.3 Å². The molecule has 9 heteroatoms. The van der Waals surface area contributed by atoms with Crippen molar-refractivity contribution < 1.29 is 14.7 Å². The Balaban J connectivity index is 2.06. The summed E-state index contributed by atoms with van der Waals surface area (Å²) in [7, 11) is 1.53. The summed E-state index contributed by atoms with van der Waals surface area (Å²) in [4.78, 5) is 24.4. The summed E-state index contributed by atoms with van der Waals surface area (Å²) in [6.45, 7) is 1.99. The Morgan fingerprint density at radius 1 is 1.36 bits per heavy atom. The summed E-state index contributed by atoms with van der Waals surface area (Å²) >= 11 is 12.1. The topological polar surface area (TPSA) is 87.5 Å². The van der Waals surface area contributed by atoms with Gasteiger partial charge in [-0.1, -0.05) is 36.2 Å². The molecule has 0 saturated carbocycles. The number of hydrogen-bond acceptors (Lipinski definition) is 3. The maximum Gasteiger partial charge on any atom is 0.322 e. The predicted octanol–water partition coefficient (Wildman–Crippen LogP) is 3.42. The van der Waals surface area contributed by atoms with Crippen LogP contribution in [0.3, 0.4) is 0 Å². The van der Waals surface area contributed by atoms with Crippen LogP contribution in [0.25, 0.3) is 0 Å². The van der Waals surface area contributed by atoms with Crippen LogP contribution in [0.1, 0.15) is 12.5 Å². The van der Waals surface area contributed by atoms with E-state index in [1.54, 1.807) is 42.1 Å². The number of carbonyl (C=O) groups excluding carboxylic acids is 1. The summed E-state index contributed by atoms with van der Waals surface area (Å²) < 4.78 is 1.58. The van der Waals surface area contributed by atoms with Crippen molar-refractivity contribution in [1.82, 2.24) is 14.7 Å². The highest BCUT2D eigenvalue weighted by molar-refractivity contribution is 6.35. The minimum atomic E-state index is -0.956. The van der Waals surface area contributed by atoms with Crippen LogP contribution in [0.15, 0.2) is 30.5 Å². The quantitative estimate of drug-likeness (QED) is 0.798. The van der Waals surface area contributed by atoms with Gasteiger partial charge in [-0.3, -0.25) is 10.1 Å². The van der Waals surface area contributed by atoms with Gasteiger partial charge in [-0.15, -0.1) is 0 Å². The zero-order chi connectivity index (χ0) is 18.6. The largest absolute Gasteiger partial charge is 0.481 e. The lowest BCUT2D eigenvalue weighted by Gasteiger charge is -2.20. The molecule has 0 aliphatic rings. The molecular formula is C16H18Cl2N4O3. The number of benzene rings is 1. The third-order valence-electron chi connectivity index (χ3n) is 3.60. The van der Waals surface area contributed by atoms with Crippen molar-refractivity contribution in [2.75, 3.05) is 18.9 Å². The maximum absolute atomic E-state index is 12.2. The van der Waals surface area contributed by atoms with Crippen LogP contribution in [0, 0.1) is 5.92 Å². The van der Waals surface area contributed by atoms with Gasteiger partial charge in [0.05, 0.1) is 18.7 Å². The summed E-state index contributed by atoms with van der Waals surface area (Å²) in [5.74, 6) is -1.14. The zero-order valence-corrected chi connectivity index (χ0v) is 15.3. The third-order valence-corrected chi connectivity index (χ3v) is 4.19. The van der Waals surface area contributed by atoms with Gasteiger partial charge in [0.25, 0.3) is 0 Å². The molecule has 0 aliphatic carbocycles. The molecule has 2 aromatic rings. The lowest BCUT2D eigenvalue weighted by Crippen LogP contribution is -2.37. The van der Waals surface area contributed by atoms with Crippen molar-refractivity contribution >= 4 is 41.0 Å². The van der Waals surface area contributed by atoms with Crippen molar-refractivity contribution in [3.63, 3.8) is 0 Å². The Morgan fingerprint density at radius 3 is 2.72 bits per heavy atom. The first-order valence-corrected chi connectivity index (χ1v) is 8.24. The summed E-state index contributed by atoms with van der Waals surface area (Å²) in [5, 5.41) is 16.9. The van der Waals surface area contributed by atoms with Gasteiger partial charge in [0.1, 0.15) is 5.82 Å². The molecular weight excluding hydrogens is 367 g/mol. The highest BCUT2D eigenvalue weighted by Crippen LogP contribution is 2.22. The highest BCUT2D eigenvalue weighted by Gasteiger charge is 2.18. The lowest BCUT2D eigenvalue weighted by molar-refractivity contribution is -0.141. The molecule has 1 heterocycles. The molecule has 1 atom stereocenters. The fourth-order valence-corrected chi connectivity index (χ4v) is 2.62. The molecule has 25 heavy (non-hydrogen) atoms. The lowest BCUT2D eigenvalue weighted by atomic mass is 10.2. The second-order valence-electron chi connectivity index (χ2n) is 5.66. The van der Waals surface area contributed by atoms with Crippen molar-refractivity contribution in [2.24, 2.45) is 5.92 Å². The normalized spacial score (nSPS) is 11.8. The molecule has 7 nitrogen and oxygen atoms in total. The molecule has 0 aliphatic heterocycles. The second-order valence-corrected chi connectivity index (χ2v) is 6.50. The number of carbonyl (C=O) groups is 2.